The van der Waals surface area contributed by atoms with E-state index in [9.17, 15) is 13.2 Å². The van der Waals surface area contributed by atoms with Crippen LogP contribution in [0.4, 0.5) is 5.69 Å². The van der Waals surface area contributed by atoms with Crippen molar-refractivity contribution < 1.29 is 17.9 Å². The Kier molecular flexibility index (Phi) is 6.56. The summed E-state index contributed by atoms with van der Waals surface area (Å²) in [6.45, 7) is 0.632. The number of benzene rings is 2. The molecule has 0 bridgehead atoms. The number of carbonyl (C=O) groups excluding carboxylic acids is 1. The van der Waals surface area contributed by atoms with Gasteiger partial charge in [0.25, 0.3) is 10.2 Å². The smallest absolute Gasteiger partial charge is 0.282 e. The van der Waals surface area contributed by atoms with Crippen molar-refractivity contribution in [2.75, 3.05) is 32.1 Å². The third-order valence-corrected chi connectivity index (χ3v) is 6.76. The summed E-state index contributed by atoms with van der Waals surface area (Å²) < 4.78 is 33.5. The highest BCUT2D eigenvalue weighted by atomic mass is 35.5. The summed E-state index contributed by atoms with van der Waals surface area (Å²) in [4.78, 5) is 12.4. The number of methoxy groups -OCH3 is 1. The predicted molar refractivity (Wildman–Crippen MR) is 109 cm³/mol. The molecule has 1 aliphatic rings. The Bertz CT molecular complexity index is 934. The molecule has 1 heterocycles. The number of ether oxygens (including phenoxy) is 1. The summed E-state index contributed by atoms with van der Waals surface area (Å²) in [6, 6.07) is 14.0. The van der Waals surface area contributed by atoms with Crippen molar-refractivity contribution in [2.45, 2.75) is 13.0 Å². The second-order valence-corrected chi connectivity index (χ2v) is 8.73. The number of amides is 1. The maximum Gasteiger partial charge on any atom is 0.282 e. The summed E-state index contributed by atoms with van der Waals surface area (Å²) in [5.74, 6) is 0.278. The number of hydrogen-bond acceptors (Lipinski definition) is 4. The van der Waals surface area contributed by atoms with Crippen molar-refractivity contribution in [3.05, 3.63) is 59.1 Å². The zero-order chi connectivity index (χ0) is 20.1. The van der Waals surface area contributed by atoms with E-state index in [-0.39, 0.29) is 13.1 Å². The van der Waals surface area contributed by atoms with Crippen molar-refractivity contribution in [1.82, 2.24) is 8.61 Å². The number of hydrogen-bond donors (Lipinski definition) is 1. The van der Waals surface area contributed by atoms with E-state index in [1.165, 1.54) is 8.61 Å². The molecule has 1 saturated heterocycles. The van der Waals surface area contributed by atoms with Crippen molar-refractivity contribution in [1.29, 1.82) is 0 Å². The van der Waals surface area contributed by atoms with Gasteiger partial charge in [0.05, 0.1) is 13.7 Å². The fraction of sp³-hybridized carbons (Fsp3) is 0.316. The fourth-order valence-electron chi connectivity index (χ4n) is 2.99. The molecular formula is C19H22ClN3O4S. The minimum absolute atomic E-state index is 0.179. The second kappa shape index (κ2) is 8.91. The van der Waals surface area contributed by atoms with Crippen LogP contribution in [-0.4, -0.2) is 49.7 Å². The van der Waals surface area contributed by atoms with E-state index in [2.05, 4.69) is 5.32 Å². The first-order valence-corrected chi connectivity index (χ1v) is 10.6. The first-order valence-electron chi connectivity index (χ1n) is 8.82. The lowest BCUT2D eigenvalue weighted by Crippen LogP contribution is -2.51. The average Bonchev–Trinajstić information content (AvgIpc) is 2.67. The van der Waals surface area contributed by atoms with E-state index < -0.39 is 16.1 Å². The molecule has 28 heavy (non-hydrogen) atoms. The first kappa shape index (κ1) is 20.6. The lowest BCUT2D eigenvalue weighted by molar-refractivity contribution is -0.116. The van der Waals surface area contributed by atoms with Gasteiger partial charge >= 0.3 is 0 Å². The molecule has 9 heteroatoms. The van der Waals surface area contributed by atoms with E-state index in [0.717, 1.165) is 5.56 Å². The van der Waals surface area contributed by atoms with Gasteiger partial charge in [-0.25, -0.2) is 0 Å². The van der Waals surface area contributed by atoms with Gasteiger partial charge in [0.2, 0.25) is 5.91 Å². The average molecular weight is 424 g/mol. The highest BCUT2D eigenvalue weighted by molar-refractivity contribution is 7.86. The molecule has 0 unspecified atom stereocenters. The van der Waals surface area contributed by atoms with Crippen LogP contribution < -0.4 is 10.1 Å². The van der Waals surface area contributed by atoms with Crippen molar-refractivity contribution in [3.63, 3.8) is 0 Å². The van der Waals surface area contributed by atoms with Crippen LogP contribution in [0.15, 0.2) is 48.5 Å². The molecule has 0 spiro atoms. The van der Waals surface area contributed by atoms with E-state index in [4.69, 9.17) is 16.3 Å². The van der Waals surface area contributed by atoms with Crippen LogP contribution >= 0.6 is 11.6 Å². The molecule has 7 nitrogen and oxygen atoms in total. The Balaban J connectivity index is 1.66. The highest BCUT2D eigenvalue weighted by Gasteiger charge is 2.34. The molecule has 2 aromatic rings. The Morgan fingerprint density at radius 3 is 2.46 bits per heavy atom. The molecule has 3 rings (SSSR count). The van der Waals surface area contributed by atoms with Crippen LogP contribution in [0.1, 0.15) is 12.0 Å². The number of nitrogens with zero attached hydrogens (tertiary/aromatic N) is 2. The van der Waals surface area contributed by atoms with Gasteiger partial charge in [-0.1, -0.05) is 29.8 Å². The lowest BCUT2D eigenvalue weighted by atomic mass is 10.2. The zero-order valence-electron chi connectivity index (χ0n) is 15.5. The number of nitrogens with one attached hydrogen (secondary N) is 1. The molecule has 0 atom stereocenters. The molecule has 150 valence electrons. The third-order valence-electron chi connectivity index (χ3n) is 4.47. The number of carbonyl (C=O) groups is 1. The molecule has 1 amide bonds. The fourth-order valence-corrected chi connectivity index (χ4v) is 4.81. The summed E-state index contributed by atoms with van der Waals surface area (Å²) in [5.41, 5.74) is 1.31. The number of rotatable bonds is 6. The topological polar surface area (TPSA) is 79.0 Å². The largest absolute Gasteiger partial charge is 0.497 e. The van der Waals surface area contributed by atoms with Gasteiger partial charge in [0.1, 0.15) is 5.75 Å². The van der Waals surface area contributed by atoms with Gasteiger partial charge in [-0.05, 0) is 42.3 Å². The van der Waals surface area contributed by atoms with Crippen molar-refractivity contribution in [2.24, 2.45) is 0 Å². The highest BCUT2D eigenvalue weighted by Crippen LogP contribution is 2.23. The number of halogens is 1. The standard InChI is InChI=1S/C19H22ClN3O4S/c1-27-17-9-7-16(8-10-17)21-19(24)14-23-12-4-11-22(28(23,25)26)13-15-5-2-3-6-18(15)20/h2-3,5-10H,4,11-14H2,1H3,(H,21,24). The summed E-state index contributed by atoms with van der Waals surface area (Å²) in [6.07, 6.45) is 0.638. The van der Waals surface area contributed by atoms with E-state index >= 15 is 0 Å². The van der Waals surface area contributed by atoms with Crippen LogP contribution in [0.2, 0.25) is 5.02 Å². The van der Waals surface area contributed by atoms with Crippen LogP contribution in [-0.2, 0) is 21.5 Å². The Labute approximate surface area is 170 Å². The Hall–Kier alpha value is -2.13. The first-order chi connectivity index (χ1) is 13.4. The molecule has 1 fully saturated rings. The SMILES string of the molecule is COc1ccc(NC(=O)CN2CCCN(Cc3ccccc3Cl)S2(=O)=O)cc1. The lowest BCUT2D eigenvalue weighted by Gasteiger charge is -2.34. The second-order valence-electron chi connectivity index (χ2n) is 6.40. The molecule has 0 aliphatic carbocycles. The molecule has 0 aromatic heterocycles. The monoisotopic (exact) mass is 423 g/mol. The normalized spacial score (nSPS) is 17.2. The van der Waals surface area contributed by atoms with Gasteiger partial charge in [-0.2, -0.15) is 17.0 Å². The van der Waals surface area contributed by atoms with Gasteiger partial charge in [0.15, 0.2) is 0 Å². The predicted octanol–water partition coefficient (Wildman–Crippen LogP) is 2.74. The summed E-state index contributed by atoms with van der Waals surface area (Å²) in [7, 11) is -2.19. The Morgan fingerprint density at radius 1 is 1.11 bits per heavy atom. The van der Waals surface area contributed by atoms with Gasteiger partial charge in [0, 0.05) is 30.3 Å². The van der Waals surface area contributed by atoms with Crippen LogP contribution in [0.5, 0.6) is 5.75 Å². The van der Waals surface area contributed by atoms with Crippen molar-refractivity contribution >= 4 is 33.4 Å². The molecular weight excluding hydrogens is 402 g/mol. The molecule has 1 N–H and O–H groups in total. The van der Waals surface area contributed by atoms with Crippen molar-refractivity contribution in [3.8, 4) is 5.75 Å². The van der Waals surface area contributed by atoms with Gasteiger partial charge in [-0.3, -0.25) is 4.79 Å². The summed E-state index contributed by atoms with van der Waals surface area (Å²) >= 11 is 6.16. The maximum absolute atomic E-state index is 12.9. The van der Waals surface area contributed by atoms with E-state index in [1.54, 1.807) is 49.6 Å². The minimum Gasteiger partial charge on any atom is -0.497 e. The maximum atomic E-state index is 12.9. The zero-order valence-corrected chi connectivity index (χ0v) is 17.0. The van der Waals surface area contributed by atoms with E-state index in [1.807, 2.05) is 6.07 Å². The van der Waals surface area contributed by atoms with Crippen LogP contribution in [0.3, 0.4) is 0 Å². The Morgan fingerprint density at radius 2 is 1.79 bits per heavy atom. The van der Waals surface area contributed by atoms with Crippen LogP contribution in [0.25, 0.3) is 0 Å². The minimum atomic E-state index is -3.75. The summed E-state index contributed by atoms with van der Waals surface area (Å²) in [5, 5.41) is 3.23. The molecule has 2 aromatic carbocycles. The molecule has 0 saturated carbocycles. The van der Waals surface area contributed by atoms with Crippen LogP contribution in [0, 0.1) is 0 Å². The molecule has 0 radical (unpaired) electrons. The quantitative estimate of drug-likeness (QED) is 0.774. The molecule has 1 aliphatic heterocycles. The van der Waals surface area contributed by atoms with Gasteiger partial charge < -0.3 is 10.1 Å². The third kappa shape index (κ3) is 4.82. The number of anilines is 1. The van der Waals surface area contributed by atoms with E-state index in [0.29, 0.717) is 36.0 Å². The van der Waals surface area contributed by atoms with Gasteiger partial charge in [-0.15, -0.1) is 0 Å².